The Bertz CT molecular complexity index is 1550. The maximum Gasteiger partial charge on any atom is 0.119 e. The minimum atomic E-state index is -0.563. The summed E-state index contributed by atoms with van der Waals surface area (Å²) < 4.78 is 12.7. The topological polar surface area (TPSA) is 58.9 Å². The van der Waals surface area contributed by atoms with Crippen molar-refractivity contribution in [3.05, 3.63) is 125 Å². The fraction of sp³-hybridized carbons (Fsp3) is 0.176. The SMILES string of the molecule is CSc1ccc(-c2ccc3c(c2)C(c2ccc(OCCO)cc2)(c2ccc(OCCO)cc2)c2ccccc2-3)s1. The predicted octanol–water partition coefficient (Wildman–Crippen LogP) is 7.24. The largest absolute Gasteiger partial charge is 0.491 e. The van der Waals surface area contributed by atoms with E-state index in [0.29, 0.717) is 0 Å². The molecule has 4 nitrogen and oxygen atoms in total. The molecule has 0 atom stereocenters. The molecule has 0 spiro atoms. The molecule has 4 aromatic carbocycles. The van der Waals surface area contributed by atoms with Crippen LogP contribution in [0.4, 0.5) is 0 Å². The molecule has 0 bridgehead atoms. The summed E-state index contributed by atoms with van der Waals surface area (Å²) in [6.07, 6.45) is 2.11. The number of thiophene rings is 1. The Balaban J connectivity index is 1.59. The fourth-order valence-electron chi connectivity index (χ4n) is 5.74. The molecular weight excluding hydrogens is 537 g/mol. The molecule has 202 valence electrons. The minimum Gasteiger partial charge on any atom is -0.491 e. The van der Waals surface area contributed by atoms with Gasteiger partial charge in [-0.3, -0.25) is 0 Å². The lowest BCUT2D eigenvalue weighted by atomic mass is 9.67. The molecule has 1 aliphatic carbocycles. The summed E-state index contributed by atoms with van der Waals surface area (Å²) in [5, 5.41) is 18.5. The number of rotatable bonds is 10. The van der Waals surface area contributed by atoms with Gasteiger partial charge in [0.2, 0.25) is 0 Å². The summed E-state index contributed by atoms with van der Waals surface area (Å²) >= 11 is 3.59. The van der Waals surface area contributed by atoms with Crippen LogP contribution in [0.25, 0.3) is 21.6 Å². The first-order chi connectivity index (χ1) is 19.7. The van der Waals surface area contributed by atoms with Crippen LogP contribution in [-0.2, 0) is 5.41 Å². The van der Waals surface area contributed by atoms with Gasteiger partial charge in [0, 0.05) is 4.88 Å². The van der Waals surface area contributed by atoms with Gasteiger partial charge in [0.15, 0.2) is 0 Å². The van der Waals surface area contributed by atoms with Crippen molar-refractivity contribution in [3.63, 3.8) is 0 Å². The smallest absolute Gasteiger partial charge is 0.119 e. The van der Waals surface area contributed by atoms with Crippen molar-refractivity contribution in [1.82, 2.24) is 0 Å². The quantitative estimate of drug-likeness (QED) is 0.171. The van der Waals surface area contributed by atoms with Gasteiger partial charge in [0.1, 0.15) is 24.7 Å². The molecule has 6 rings (SSSR count). The predicted molar refractivity (Wildman–Crippen MR) is 164 cm³/mol. The third-order valence-electron chi connectivity index (χ3n) is 7.41. The van der Waals surface area contributed by atoms with Crippen LogP contribution in [0.15, 0.2) is 107 Å². The number of benzene rings is 4. The zero-order valence-corrected chi connectivity index (χ0v) is 23.8. The van der Waals surface area contributed by atoms with Crippen LogP contribution in [0.5, 0.6) is 11.5 Å². The van der Waals surface area contributed by atoms with Crippen molar-refractivity contribution >= 4 is 23.1 Å². The van der Waals surface area contributed by atoms with Crippen molar-refractivity contribution in [3.8, 4) is 33.1 Å². The minimum absolute atomic E-state index is 0.0269. The van der Waals surface area contributed by atoms with Crippen LogP contribution in [0.2, 0.25) is 0 Å². The molecule has 0 amide bonds. The lowest BCUT2D eigenvalue weighted by Crippen LogP contribution is -2.28. The number of thioether (sulfide) groups is 1. The second kappa shape index (κ2) is 11.5. The second-order valence-electron chi connectivity index (χ2n) is 9.57. The van der Waals surface area contributed by atoms with Crippen molar-refractivity contribution < 1.29 is 19.7 Å². The maximum atomic E-state index is 9.23. The number of aliphatic hydroxyl groups is 2. The van der Waals surface area contributed by atoms with Gasteiger partial charge in [-0.1, -0.05) is 60.7 Å². The maximum absolute atomic E-state index is 9.23. The van der Waals surface area contributed by atoms with Gasteiger partial charge in [-0.15, -0.1) is 23.1 Å². The molecule has 1 aromatic heterocycles. The van der Waals surface area contributed by atoms with E-state index < -0.39 is 5.41 Å². The van der Waals surface area contributed by atoms with Crippen molar-refractivity contribution in [2.24, 2.45) is 0 Å². The average Bonchev–Trinajstić information content (AvgIpc) is 3.61. The number of aliphatic hydroxyl groups excluding tert-OH is 2. The lowest BCUT2D eigenvalue weighted by Gasteiger charge is -2.34. The lowest BCUT2D eigenvalue weighted by molar-refractivity contribution is 0.201. The molecule has 40 heavy (non-hydrogen) atoms. The molecule has 1 heterocycles. The highest BCUT2D eigenvalue weighted by atomic mass is 32.2. The van der Waals surface area contributed by atoms with E-state index in [0.717, 1.165) is 22.6 Å². The Morgan fingerprint density at radius 2 is 1.27 bits per heavy atom. The highest BCUT2D eigenvalue weighted by Crippen LogP contribution is 2.57. The van der Waals surface area contributed by atoms with Crippen LogP contribution >= 0.6 is 23.1 Å². The molecule has 0 aliphatic heterocycles. The highest BCUT2D eigenvalue weighted by Gasteiger charge is 2.46. The first-order valence-electron chi connectivity index (χ1n) is 13.3. The molecule has 2 N–H and O–H groups in total. The van der Waals surface area contributed by atoms with Gasteiger partial charge >= 0.3 is 0 Å². The zero-order valence-electron chi connectivity index (χ0n) is 22.2. The summed E-state index contributed by atoms with van der Waals surface area (Å²) in [4.78, 5) is 1.25. The Morgan fingerprint density at radius 1 is 0.675 bits per heavy atom. The van der Waals surface area contributed by atoms with Gasteiger partial charge in [0.05, 0.1) is 22.8 Å². The monoisotopic (exact) mass is 566 g/mol. The molecule has 0 saturated carbocycles. The van der Waals surface area contributed by atoms with Gasteiger partial charge in [-0.25, -0.2) is 0 Å². The van der Waals surface area contributed by atoms with Crippen LogP contribution in [0.3, 0.4) is 0 Å². The number of hydrogen-bond acceptors (Lipinski definition) is 6. The van der Waals surface area contributed by atoms with E-state index in [1.165, 1.54) is 36.9 Å². The van der Waals surface area contributed by atoms with Gasteiger partial charge in [-0.05, 0) is 87.7 Å². The van der Waals surface area contributed by atoms with Gasteiger partial charge < -0.3 is 19.7 Å². The number of hydrogen-bond donors (Lipinski definition) is 2. The Labute approximate surface area is 242 Å². The Hall–Kier alpha value is -3.55. The number of ether oxygens (including phenoxy) is 2. The third-order valence-corrected chi connectivity index (χ3v) is 9.62. The molecule has 0 fully saturated rings. The molecule has 0 radical (unpaired) electrons. The number of fused-ring (bicyclic) bond motifs is 3. The summed E-state index contributed by atoms with van der Waals surface area (Å²) in [5.74, 6) is 1.45. The summed E-state index contributed by atoms with van der Waals surface area (Å²) in [5.41, 5.74) is 7.81. The van der Waals surface area contributed by atoms with E-state index in [-0.39, 0.29) is 26.4 Å². The Morgan fingerprint density at radius 3 is 1.85 bits per heavy atom. The van der Waals surface area contributed by atoms with Crippen LogP contribution in [0.1, 0.15) is 22.3 Å². The van der Waals surface area contributed by atoms with E-state index in [1.807, 2.05) is 35.6 Å². The van der Waals surface area contributed by atoms with Crippen molar-refractivity contribution in [2.45, 2.75) is 9.62 Å². The molecule has 6 heteroatoms. The summed E-state index contributed by atoms with van der Waals surface area (Å²) in [6, 6.07) is 36.4. The molecule has 0 unspecified atom stereocenters. The Kier molecular flexibility index (Phi) is 7.67. The molecule has 5 aromatic rings. The van der Waals surface area contributed by atoms with Crippen LogP contribution < -0.4 is 9.47 Å². The first-order valence-corrected chi connectivity index (χ1v) is 15.3. The highest BCUT2D eigenvalue weighted by molar-refractivity contribution is 8.00. The van der Waals surface area contributed by atoms with E-state index in [9.17, 15) is 10.2 Å². The standard InChI is InChI=1S/C34H30O4S2/c1-39-33-17-16-32(40-33)23-6-15-29-28-4-2-3-5-30(28)34(31(29)22-23,24-7-11-26(12-8-24)37-20-18-35)25-9-13-27(14-10-25)38-21-19-36/h2-17,22,35-36H,18-21H2,1H3. The van der Waals surface area contributed by atoms with E-state index >= 15 is 0 Å². The van der Waals surface area contributed by atoms with Crippen molar-refractivity contribution in [2.75, 3.05) is 32.7 Å². The van der Waals surface area contributed by atoms with E-state index in [2.05, 4.69) is 85.1 Å². The molecule has 1 aliphatic rings. The van der Waals surface area contributed by atoms with Crippen LogP contribution in [-0.4, -0.2) is 42.9 Å². The molecule has 0 saturated heterocycles. The molecular formula is C34H30O4S2. The first kappa shape index (κ1) is 26.7. The normalized spacial score (nSPS) is 13.1. The van der Waals surface area contributed by atoms with E-state index in [4.69, 9.17) is 9.47 Å². The van der Waals surface area contributed by atoms with E-state index in [1.54, 1.807) is 11.8 Å². The van der Waals surface area contributed by atoms with Gasteiger partial charge in [-0.2, -0.15) is 0 Å². The summed E-state index contributed by atoms with van der Waals surface area (Å²) in [7, 11) is 0. The second-order valence-corrected chi connectivity index (χ2v) is 11.8. The fourth-order valence-corrected chi connectivity index (χ4v) is 7.28. The van der Waals surface area contributed by atoms with Crippen LogP contribution in [0, 0.1) is 0 Å². The van der Waals surface area contributed by atoms with Gasteiger partial charge in [0.25, 0.3) is 0 Å². The third kappa shape index (κ3) is 4.61. The zero-order chi connectivity index (χ0) is 27.5. The average molecular weight is 567 g/mol. The van der Waals surface area contributed by atoms with Crippen molar-refractivity contribution in [1.29, 1.82) is 0 Å². The summed E-state index contributed by atoms with van der Waals surface area (Å²) in [6.45, 7) is 0.461.